The molecule has 0 radical (unpaired) electrons. The largest absolute Gasteiger partial charge is 0.481 e. The van der Waals surface area contributed by atoms with E-state index < -0.39 is 16.0 Å². The molecule has 0 saturated carbocycles. The number of carboxylic acid groups (broad SMARTS) is 1. The summed E-state index contributed by atoms with van der Waals surface area (Å²) in [4.78, 5) is 10.7. The van der Waals surface area contributed by atoms with E-state index in [1.165, 1.54) is 4.31 Å². The van der Waals surface area contributed by atoms with Crippen LogP contribution in [0.2, 0.25) is 0 Å². The van der Waals surface area contributed by atoms with Crippen LogP contribution in [-0.4, -0.2) is 31.8 Å². The Morgan fingerprint density at radius 3 is 2.68 bits per heavy atom. The molecule has 0 bridgehead atoms. The number of aryl methyl sites for hydroxylation is 1. The lowest BCUT2D eigenvalue weighted by atomic mass is 10.1. The van der Waals surface area contributed by atoms with Crippen molar-refractivity contribution in [1.29, 1.82) is 0 Å². The van der Waals surface area contributed by atoms with E-state index in [-0.39, 0.29) is 12.2 Å². The fourth-order valence-electron chi connectivity index (χ4n) is 2.27. The van der Waals surface area contributed by atoms with Gasteiger partial charge in [-0.2, -0.15) is 0 Å². The van der Waals surface area contributed by atoms with Crippen molar-refractivity contribution in [2.75, 3.05) is 16.6 Å². The Kier molecular flexibility index (Phi) is 4.09. The van der Waals surface area contributed by atoms with Crippen LogP contribution in [0.5, 0.6) is 0 Å². The summed E-state index contributed by atoms with van der Waals surface area (Å²) >= 11 is 0. The second-order valence-electron chi connectivity index (χ2n) is 4.62. The van der Waals surface area contributed by atoms with E-state index in [9.17, 15) is 13.2 Å². The van der Waals surface area contributed by atoms with E-state index in [1.807, 2.05) is 0 Å². The highest BCUT2D eigenvalue weighted by molar-refractivity contribution is 7.92. The maximum Gasteiger partial charge on any atom is 0.303 e. The highest BCUT2D eigenvalue weighted by Gasteiger charge is 2.27. The van der Waals surface area contributed by atoms with Gasteiger partial charge in [0.05, 0.1) is 11.4 Å². The Labute approximate surface area is 112 Å². The Morgan fingerprint density at radius 2 is 2.00 bits per heavy atom. The van der Waals surface area contributed by atoms with Gasteiger partial charge in [-0.05, 0) is 30.9 Å². The number of hydrogen-bond donors (Lipinski definition) is 1. The van der Waals surface area contributed by atoms with Gasteiger partial charge >= 0.3 is 5.97 Å². The van der Waals surface area contributed by atoms with Gasteiger partial charge in [-0.25, -0.2) is 8.42 Å². The average Bonchev–Trinajstić information content (AvgIpc) is 2.36. The molecule has 0 aliphatic carbocycles. The summed E-state index contributed by atoms with van der Waals surface area (Å²) < 4.78 is 25.6. The first kappa shape index (κ1) is 13.9. The number of nitrogens with zero attached hydrogens (tertiary/aromatic N) is 1. The zero-order valence-electron chi connectivity index (χ0n) is 10.6. The third-order valence-electron chi connectivity index (χ3n) is 3.22. The number of carboxylic acids is 1. The van der Waals surface area contributed by atoms with Gasteiger partial charge in [-0.3, -0.25) is 9.10 Å². The number of benzene rings is 1. The Hall–Kier alpha value is -1.56. The highest BCUT2D eigenvalue weighted by atomic mass is 32.2. The van der Waals surface area contributed by atoms with Gasteiger partial charge in [-0.1, -0.05) is 18.2 Å². The molecule has 1 aromatic carbocycles. The fourth-order valence-corrected chi connectivity index (χ4v) is 3.94. The van der Waals surface area contributed by atoms with Crippen molar-refractivity contribution in [3.8, 4) is 0 Å². The summed E-state index contributed by atoms with van der Waals surface area (Å²) in [5.74, 6) is -0.711. The molecule has 0 aromatic heterocycles. The number of anilines is 1. The molecule has 0 atom stereocenters. The average molecular weight is 283 g/mol. The number of carbonyl (C=O) groups is 1. The molecule has 0 spiro atoms. The molecule has 1 heterocycles. The van der Waals surface area contributed by atoms with Gasteiger partial charge in [0.2, 0.25) is 10.0 Å². The first-order valence-electron chi connectivity index (χ1n) is 6.31. The predicted molar refractivity (Wildman–Crippen MR) is 72.8 cm³/mol. The molecule has 2 rings (SSSR count). The highest BCUT2D eigenvalue weighted by Crippen LogP contribution is 2.27. The predicted octanol–water partition coefficient (Wildman–Crippen LogP) is 1.63. The molecular weight excluding hydrogens is 266 g/mol. The monoisotopic (exact) mass is 283 g/mol. The molecule has 104 valence electrons. The van der Waals surface area contributed by atoms with Gasteiger partial charge < -0.3 is 5.11 Å². The summed E-state index contributed by atoms with van der Waals surface area (Å²) in [5, 5.41) is 8.75. The lowest BCUT2D eigenvalue weighted by molar-refractivity contribution is -0.136. The number of sulfonamides is 1. The Balaban J connectivity index is 2.30. The van der Waals surface area contributed by atoms with Crippen LogP contribution >= 0.6 is 0 Å². The molecular formula is C13H17NO4S. The molecule has 6 heteroatoms. The molecule has 1 aliphatic rings. The lowest BCUT2D eigenvalue weighted by Gasteiger charge is -2.30. The summed E-state index contributed by atoms with van der Waals surface area (Å²) in [7, 11) is -3.25. The van der Waals surface area contributed by atoms with Crippen LogP contribution < -0.4 is 4.31 Å². The number of rotatable bonds is 4. The summed E-state index contributed by atoms with van der Waals surface area (Å²) in [5.41, 5.74) is 1.40. The van der Waals surface area contributed by atoms with E-state index in [1.54, 1.807) is 24.3 Å². The van der Waals surface area contributed by atoms with E-state index in [0.29, 0.717) is 25.1 Å². The minimum absolute atomic E-state index is 0.00486. The van der Waals surface area contributed by atoms with E-state index >= 15 is 0 Å². The number of aliphatic carboxylic acids is 1. The molecule has 1 N–H and O–H groups in total. The van der Waals surface area contributed by atoms with Crippen molar-refractivity contribution in [2.45, 2.75) is 25.7 Å². The van der Waals surface area contributed by atoms with Crippen LogP contribution in [0.1, 0.15) is 24.8 Å². The van der Waals surface area contributed by atoms with Crippen molar-refractivity contribution in [2.24, 2.45) is 0 Å². The smallest absolute Gasteiger partial charge is 0.303 e. The van der Waals surface area contributed by atoms with Crippen LogP contribution in [0.4, 0.5) is 5.69 Å². The number of hydrogen-bond acceptors (Lipinski definition) is 3. The van der Waals surface area contributed by atoms with Crippen molar-refractivity contribution >= 4 is 21.7 Å². The molecule has 1 aliphatic heterocycles. The Bertz CT molecular complexity index is 568. The van der Waals surface area contributed by atoms with E-state index in [4.69, 9.17) is 5.11 Å². The van der Waals surface area contributed by atoms with Crippen LogP contribution in [0, 0.1) is 0 Å². The summed E-state index contributed by atoms with van der Waals surface area (Å²) in [6.07, 6.45) is 1.88. The van der Waals surface area contributed by atoms with Crippen LogP contribution in [0.15, 0.2) is 24.3 Å². The SMILES string of the molecule is O=C(O)CCc1ccccc1N1CCCCS1(=O)=O. The third kappa shape index (κ3) is 3.26. The second kappa shape index (κ2) is 5.61. The molecule has 0 amide bonds. The van der Waals surface area contributed by atoms with Crippen molar-refractivity contribution in [3.05, 3.63) is 29.8 Å². The summed E-state index contributed by atoms with van der Waals surface area (Å²) in [6.45, 7) is 0.479. The summed E-state index contributed by atoms with van der Waals surface area (Å²) in [6, 6.07) is 7.13. The van der Waals surface area contributed by atoms with Crippen LogP contribution in [0.3, 0.4) is 0 Å². The molecule has 1 fully saturated rings. The maximum absolute atomic E-state index is 12.1. The maximum atomic E-state index is 12.1. The molecule has 0 unspecified atom stereocenters. The van der Waals surface area contributed by atoms with E-state index in [0.717, 1.165) is 12.0 Å². The quantitative estimate of drug-likeness (QED) is 0.911. The van der Waals surface area contributed by atoms with Gasteiger partial charge in [0.1, 0.15) is 0 Å². The fraction of sp³-hybridized carbons (Fsp3) is 0.462. The minimum Gasteiger partial charge on any atom is -0.481 e. The van der Waals surface area contributed by atoms with Crippen molar-refractivity contribution in [3.63, 3.8) is 0 Å². The molecule has 5 nitrogen and oxygen atoms in total. The number of para-hydroxylation sites is 1. The lowest BCUT2D eigenvalue weighted by Crippen LogP contribution is -2.38. The van der Waals surface area contributed by atoms with Gasteiger partial charge in [0.25, 0.3) is 0 Å². The first-order chi connectivity index (χ1) is 9.00. The molecule has 1 aromatic rings. The van der Waals surface area contributed by atoms with Gasteiger partial charge in [0.15, 0.2) is 0 Å². The van der Waals surface area contributed by atoms with Gasteiger partial charge in [0, 0.05) is 13.0 Å². The van der Waals surface area contributed by atoms with Crippen molar-refractivity contribution in [1.82, 2.24) is 0 Å². The van der Waals surface area contributed by atoms with Crippen molar-refractivity contribution < 1.29 is 18.3 Å². The minimum atomic E-state index is -3.25. The standard InChI is InChI=1S/C13H17NO4S/c15-13(16)8-7-11-5-1-2-6-12(11)14-9-3-4-10-19(14,17)18/h1-2,5-6H,3-4,7-10H2,(H,15,16). The zero-order valence-corrected chi connectivity index (χ0v) is 11.4. The normalized spacial score (nSPS) is 18.2. The first-order valence-corrected chi connectivity index (χ1v) is 7.92. The van der Waals surface area contributed by atoms with Gasteiger partial charge in [-0.15, -0.1) is 0 Å². The third-order valence-corrected chi connectivity index (χ3v) is 5.07. The second-order valence-corrected chi connectivity index (χ2v) is 6.63. The van der Waals surface area contributed by atoms with Crippen LogP contribution in [0.25, 0.3) is 0 Å². The zero-order chi connectivity index (χ0) is 13.9. The molecule has 19 heavy (non-hydrogen) atoms. The topological polar surface area (TPSA) is 74.7 Å². The van der Waals surface area contributed by atoms with Crippen LogP contribution in [-0.2, 0) is 21.2 Å². The Morgan fingerprint density at radius 1 is 1.26 bits per heavy atom. The van der Waals surface area contributed by atoms with E-state index in [2.05, 4.69) is 0 Å². The molecule has 1 saturated heterocycles.